The summed E-state index contributed by atoms with van der Waals surface area (Å²) in [6, 6.07) is 17.2. The van der Waals surface area contributed by atoms with E-state index in [-0.39, 0.29) is 11.4 Å². The molecular formula is C21H19ClN4O3S. The maximum absolute atomic E-state index is 13.7. The molecule has 2 heterocycles. The monoisotopic (exact) mass is 442 g/mol. The predicted molar refractivity (Wildman–Crippen MR) is 116 cm³/mol. The maximum atomic E-state index is 13.7. The van der Waals surface area contributed by atoms with Gasteiger partial charge in [-0.2, -0.15) is 0 Å². The molecule has 0 unspecified atom stereocenters. The number of rotatable bonds is 6. The van der Waals surface area contributed by atoms with Crippen molar-refractivity contribution in [3.05, 3.63) is 83.3 Å². The first kappa shape index (κ1) is 20.2. The number of hydrogen-bond donors (Lipinski definition) is 0. The van der Waals surface area contributed by atoms with Gasteiger partial charge in [0.15, 0.2) is 5.65 Å². The van der Waals surface area contributed by atoms with Crippen LogP contribution in [0.25, 0.3) is 5.65 Å². The van der Waals surface area contributed by atoms with Crippen molar-refractivity contribution >= 4 is 33.0 Å². The first-order chi connectivity index (χ1) is 14.4. The van der Waals surface area contributed by atoms with E-state index in [2.05, 4.69) is 10.2 Å². The molecule has 30 heavy (non-hydrogen) atoms. The average Bonchev–Trinajstić information content (AvgIpc) is 3.12. The van der Waals surface area contributed by atoms with Gasteiger partial charge in [0.25, 0.3) is 10.0 Å². The highest BCUT2D eigenvalue weighted by Gasteiger charge is 2.26. The van der Waals surface area contributed by atoms with Crippen molar-refractivity contribution in [3.63, 3.8) is 0 Å². The van der Waals surface area contributed by atoms with E-state index in [1.54, 1.807) is 60.9 Å². The number of aryl methyl sites for hydroxylation is 1. The third kappa shape index (κ3) is 3.83. The lowest BCUT2D eigenvalue weighted by Crippen LogP contribution is -2.30. The molecule has 0 radical (unpaired) electrons. The van der Waals surface area contributed by atoms with Crippen molar-refractivity contribution in [2.24, 2.45) is 0 Å². The van der Waals surface area contributed by atoms with Gasteiger partial charge in [0.05, 0.1) is 19.3 Å². The molecule has 0 fully saturated rings. The molecule has 0 aliphatic heterocycles. The Balaban J connectivity index is 1.81. The third-order valence-electron chi connectivity index (χ3n) is 4.72. The first-order valence-electron chi connectivity index (χ1n) is 9.11. The van der Waals surface area contributed by atoms with Crippen LogP contribution in [0.4, 0.5) is 5.69 Å². The molecule has 2 aromatic carbocycles. The SMILES string of the molecule is COc1ccc(CN(c2cccc(Cl)c2)S(=O)(=O)c2ccc3nnc(C)n3c2)cc1. The quantitative estimate of drug-likeness (QED) is 0.449. The van der Waals surface area contributed by atoms with Gasteiger partial charge in [-0.1, -0.05) is 29.8 Å². The minimum Gasteiger partial charge on any atom is -0.497 e. The zero-order valence-electron chi connectivity index (χ0n) is 16.4. The van der Waals surface area contributed by atoms with Crippen LogP contribution in [0.1, 0.15) is 11.4 Å². The Kier molecular flexibility index (Phi) is 5.36. The molecule has 0 N–H and O–H groups in total. The zero-order chi connectivity index (χ0) is 21.3. The van der Waals surface area contributed by atoms with Crippen LogP contribution in [-0.4, -0.2) is 30.1 Å². The van der Waals surface area contributed by atoms with Crippen molar-refractivity contribution in [1.29, 1.82) is 0 Å². The summed E-state index contributed by atoms with van der Waals surface area (Å²) in [5.41, 5.74) is 1.86. The second-order valence-corrected chi connectivity index (χ2v) is 8.98. The van der Waals surface area contributed by atoms with Crippen LogP contribution in [0.5, 0.6) is 5.75 Å². The first-order valence-corrected chi connectivity index (χ1v) is 10.9. The molecule has 0 aliphatic carbocycles. The largest absolute Gasteiger partial charge is 0.497 e. The summed E-state index contributed by atoms with van der Waals surface area (Å²) in [6.45, 7) is 1.90. The fourth-order valence-corrected chi connectivity index (χ4v) is 4.74. The van der Waals surface area contributed by atoms with Gasteiger partial charge in [-0.25, -0.2) is 8.42 Å². The smallest absolute Gasteiger partial charge is 0.266 e. The fraction of sp³-hybridized carbons (Fsp3) is 0.143. The minimum absolute atomic E-state index is 0.131. The van der Waals surface area contributed by atoms with Gasteiger partial charge in [0.1, 0.15) is 16.5 Å². The minimum atomic E-state index is -3.90. The van der Waals surface area contributed by atoms with Crippen molar-refractivity contribution in [2.45, 2.75) is 18.4 Å². The molecule has 0 spiro atoms. The highest BCUT2D eigenvalue weighted by atomic mass is 35.5. The molecule has 4 rings (SSSR count). The molecule has 7 nitrogen and oxygen atoms in total. The maximum Gasteiger partial charge on any atom is 0.266 e. The lowest BCUT2D eigenvalue weighted by molar-refractivity contribution is 0.414. The van der Waals surface area contributed by atoms with Crippen LogP contribution in [0, 0.1) is 6.92 Å². The van der Waals surface area contributed by atoms with Gasteiger partial charge in [0.2, 0.25) is 0 Å². The Bertz CT molecular complexity index is 1300. The van der Waals surface area contributed by atoms with E-state index in [0.29, 0.717) is 27.9 Å². The van der Waals surface area contributed by atoms with Crippen LogP contribution in [0.15, 0.2) is 71.8 Å². The van der Waals surface area contributed by atoms with Gasteiger partial charge in [-0.15, -0.1) is 10.2 Å². The number of anilines is 1. The number of halogens is 1. The fourth-order valence-electron chi connectivity index (χ4n) is 3.11. The summed E-state index contributed by atoms with van der Waals surface area (Å²) in [7, 11) is -2.32. The van der Waals surface area contributed by atoms with Crippen molar-refractivity contribution < 1.29 is 13.2 Å². The number of sulfonamides is 1. The van der Waals surface area contributed by atoms with Gasteiger partial charge in [-0.05, 0) is 55.0 Å². The molecule has 0 bridgehead atoms. The summed E-state index contributed by atoms with van der Waals surface area (Å²) >= 11 is 6.15. The Morgan fingerprint density at radius 1 is 1.07 bits per heavy atom. The molecule has 154 valence electrons. The molecular weight excluding hydrogens is 424 g/mol. The van der Waals surface area contributed by atoms with E-state index >= 15 is 0 Å². The summed E-state index contributed by atoms with van der Waals surface area (Å²) < 4.78 is 35.5. The number of methoxy groups -OCH3 is 1. The van der Waals surface area contributed by atoms with Gasteiger partial charge in [-0.3, -0.25) is 8.71 Å². The van der Waals surface area contributed by atoms with E-state index in [0.717, 1.165) is 5.56 Å². The Labute approximate surface area is 179 Å². The number of fused-ring (bicyclic) bond motifs is 1. The zero-order valence-corrected chi connectivity index (χ0v) is 17.9. The normalized spacial score (nSPS) is 11.6. The molecule has 0 amide bonds. The second-order valence-electron chi connectivity index (χ2n) is 6.68. The Morgan fingerprint density at radius 3 is 2.53 bits per heavy atom. The summed E-state index contributed by atoms with van der Waals surface area (Å²) in [6.07, 6.45) is 1.53. The van der Waals surface area contributed by atoms with Crippen molar-refractivity contribution in [2.75, 3.05) is 11.4 Å². The number of pyridine rings is 1. The van der Waals surface area contributed by atoms with Crippen LogP contribution >= 0.6 is 11.6 Å². The van der Waals surface area contributed by atoms with E-state index in [1.807, 2.05) is 12.1 Å². The highest BCUT2D eigenvalue weighted by Crippen LogP contribution is 2.28. The van der Waals surface area contributed by atoms with E-state index in [4.69, 9.17) is 16.3 Å². The lowest BCUT2D eigenvalue weighted by Gasteiger charge is -2.25. The second kappa shape index (κ2) is 7.97. The molecule has 0 aliphatic rings. The molecule has 9 heteroatoms. The highest BCUT2D eigenvalue weighted by molar-refractivity contribution is 7.92. The summed E-state index contributed by atoms with van der Waals surface area (Å²) in [4.78, 5) is 0.131. The van der Waals surface area contributed by atoms with Crippen LogP contribution < -0.4 is 9.04 Å². The van der Waals surface area contributed by atoms with Crippen LogP contribution in [-0.2, 0) is 16.6 Å². The third-order valence-corrected chi connectivity index (χ3v) is 6.71. The predicted octanol–water partition coefficient (Wildman–Crippen LogP) is 4.10. The van der Waals surface area contributed by atoms with Gasteiger partial charge < -0.3 is 4.74 Å². The molecule has 4 aromatic rings. The average molecular weight is 443 g/mol. The summed E-state index contributed by atoms with van der Waals surface area (Å²) in [5, 5.41) is 8.46. The van der Waals surface area contributed by atoms with Gasteiger partial charge >= 0.3 is 0 Å². The molecule has 0 saturated carbocycles. The van der Waals surface area contributed by atoms with E-state index < -0.39 is 10.0 Å². The number of benzene rings is 2. The number of nitrogens with zero attached hydrogens (tertiary/aromatic N) is 4. The lowest BCUT2D eigenvalue weighted by atomic mass is 10.2. The molecule has 0 atom stereocenters. The van der Waals surface area contributed by atoms with E-state index in [1.165, 1.54) is 16.6 Å². The molecule has 0 saturated heterocycles. The number of hydrogen-bond acceptors (Lipinski definition) is 5. The van der Waals surface area contributed by atoms with Crippen LogP contribution in [0.2, 0.25) is 5.02 Å². The Hall–Kier alpha value is -3.10. The topological polar surface area (TPSA) is 76.8 Å². The number of ether oxygens (including phenoxy) is 1. The van der Waals surface area contributed by atoms with E-state index in [9.17, 15) is 8.42 Å². The van der Waals surface area contributed by atoms with Crippen molar-refractivity contribution in [1.82, 2.24) is 14.6 Å². The van der Waals surface area contributed by atoms with Crippen LogP contribution in [0.3, 0.4) is 0 Å². The Morgan fingerprint density at radius 2 is 1.83 bits per heavy atom. The molecule has 2 aromatic heterocycles. The van der Waals surface area contributed by atoms with Crippen molar-refractivity contribution in [3.8, 4) is 5.75 Å². The summed E-state index contributed by atoms with van der Waals surface area (Å²) in [5.74, 6) is 1.30. The standard InChI is InChI=1S/C21H19ClN4O3S/c1-15-23-24-21-11-10-20(14-25(15)21)30(27,28)26(18-5-3-4-17(22)12-18)13-16-6-8-19(29-2)9-7-16/h3-12,14H,13H2,1-2H3. The number of aromatic nitrogens is 3. The van der Waals surface area contributed by atoms with Gasteiger partial charge in [0, 0.05) is 11.2 Å².